The SMILES string of the molecule is O=Cc1cc(COCc2ccccc2)oc1-c1ccccc1. The summed E-state index contributed by atoms with van der Waals surface area (Å²) in [7, 11) is 0. The van der Waals surface area contributed by atoms with Crippen LogP contribution in [0.25, 0.3) is 11.3 Å². The van der Waals surface area contributed by atoms with Crippen LogP contribution < -0.4 is 0 Å². The molecule has 1 aromatic heterocycles. The zero-order valence-corrected chi connectivity index (χ0v) is 12.1. The summed E-state index contributed by atoms with van der Waals surface area (Å²) < 4.78 is 11.4. The topological polar surface area (TPSA) is 39.4 Å². The van der Waals surface area contributed by atoms with Crippen LogP contribution in [0.1, 0.15) is 21.7 Å². The maximum Gasteiger partial charge on any atom is 0.153 e. The summed E-state index contributed by atoms with van der Waals surface area (Å²) in [6.07, 6.45) is 0.812. The van der Waals surface area contributed by atoms with Crippen LogP contribution in [0.3, 0.4) is 0 Å². The second-order valence-corrected chi connectivity index (χ2v) is 4.96. The van der Waals surface area contributed by atoms with Gasteiger partial charge in [0.05, 0.1) is 12.2 Å². The minimum absolute atomic E-state index is 0.336. The van der Waals surface area contributed by atoms with Gasteiger partial charge in [0.1, 0.15) is 18.1 Å². The zero-order valence-electron chi connectivity index (χ0n) is 12.1. The van der Waals surface area contributed by atoms with Crippen molar-refractivity contribution in [2.75, 3.05) is 0 Å². The molecule has 0 aliphatic rings. The van der Waals surface area contributed by atoms with E-state index >= 15 is 0 Å². The summed E-state index contributed by atoms with van der Waals surface area (Å²) in [6, 6.07) is 21.3. The van der Waals surface area contributed by atoms with Crippen LogP contribution in [-0.4, -0.2) is 6.29 Å². The number of aldehydes is 1. The first-order chi connectivity index (χ1) is 10.9. The predicted octanol–water partition coefficient (Wildman–Crippen LogP) is 4.48. The van der Waals surface area contributed by atoms with Crippen molar-refractivity contribution in [3.63, 3.8) is 0 Å². The van der Waals surface area contributed by atoms with Crippen molar-refractivity contribution in [1.82, 2.24) is 0 Å². The lowest BCUT2D eigenvalue weighted by atomic mass is 10.1. The van der Waals surface area contributed by atoms with Gasteiger partial charge in [-0.25, -0.2) is 0 Å². The van der Waals surface area contributed by atoms with Crippen molar-refractivity contribution in [3.8, 4) is 11.3 Å². The fraction of sp³-hybridized carbons (Fsp3) is 0.105. The first-order valence-electron chi connectivity index (χ1n) is 7.12. The molecule has 1 heterocycles. The monoisotopic (exact) mass is 292 g/mol. The van der Waals surface area contributed by atoms with E-state index in [2.05, 4.69) is 0 Å². The van der Waals surface area contributed by atoms with E-state index in [1.165, 1.54) is 0 Å². The molecule has 0 spiro atoms. The van der Waals surface area contributed by atoms with Crippen molar-refractivity contribution in [1.29, 1.82) is 0 Å². The molecule has 0 aliphatic heterocycles. The molecule has 0 amide bonds. The van der Waals surface area contributed by atoms with Gasteiger partial charge in [0, 0.05) is 5.56 Å². The predicted molar refractivity (Wildman–Crippen MR) is 84.5 cm³/mol. The van der Waals surface area contributed by atoms with Crippen LogP contribution in [-0.2, 0) is 18.0 Å². The number of carbonyl (C=O) groups is 1. The average molecular weight is 292 g/mol. The van der Waals surface area contributed by atoms with Crippen molar-refractivity contribution in [3.05, 3.63) is 83.6 Å². The van der Waals surface area contributed by atoms with Crippen LogP contribution in [0, 0.1) is 0 Å². The first kappa shape index (κ1) is 14.3. The van der Waals surface area contributed by atoms with Crippen molar-refractivity contribution in [2.45, 2.75) is 13.2 Å². The molecule has 0 bridgehead atoms. The lowest BCUT2D eigenvalue weighted by Crippen LogP contribution is -1.92. The van der Waals surface area contributed by atoms with E-state index in [1.54, 1.807) is 6.07 Å². The highest BCUT2D eigenvalue weighted by Gasteiger charge is 2.12. The van der Waals surface area contributed by atoms with Crippen LogP contribution in [0.4, 0.5) is 0 Å². The van der Waals surface area contributed by atoms with Gasteiger partial charge in [0.25, 0.3) is 0 Å². The van der Waals surface area contributed by atoms with Gasteiger partial charge in [0.15, 0.2) is 6.29 Å². The Balaban J connectivity index is 1.70. The average Bonchev–Trinajstić information content (AvgIpc) is 3.00. The highest BCUT2D eigenvalue weighted by molar-refractivity contribution is 5.85. The molecule has 2 aromatic carbocycles. The number of carbonyl (C=O) groups excluding carboxylic acids is 1. The molecule has 0 atom stereocenters. The number of benzene rings is 2. The van der Waals surface area contributed by atoms with Gasteiger partial charge in [-0.2, -0.15) is 0 Å². The van der Waals surface area contributed by atoms with E-state index in [1.807, 2.05) is 60.7 Å². The molecule has 3 aromatic rings. The van der Waals surface area contributed by atoms with Gasteiger partial charge >= 0.3 is 0 Å². The summed E-state index contributed by atoms with van der Waals surface area (Å²) in [5, 5.41) is 0. The summed E-state index contributed by atoms with van der Waals surface area (Å²) in [5.41, 5.74) is 2.54. The van der Waals surface area contributed by atoms with Crippen molar-refractivity contribution in [2.24, 2.45) is 0 Å². The molecule has 3 nitrogen and oxygen atoms in total. The highest BCUT2D eigenvalue weighted by atomic mass is 16.5. The fourth-order valence-corrected chi connectivity index (χ4v) is 2.28. The molecule has 0 saturated heterocycles. The van der Waals surface area contributed by atoms with Crippen LogP contribution in [0.5, 0.6) is 0 Å². The molecule has 0 radical (unpaired) electrons. The molecular formula is C19H16O3. The third-order valence-electron chi connectivity index (χ3n) is 3.33. The molecule has 0 N–H and O–H groups in total. The van der Waals surface area contributed by atoms with Gasteiger partial charge in [-0.05, 0) is 11.6 Å². The van der Waals surface area contributed by atoms with Crippen LogP contribution in [0.2, 0.25) is 0 Å². The summed E-state index contributed by atoms with van der Waals surface area (Å²) in [6.45, 7) is 0.848. The van der Waals surface area contributed by atoms with Gasteiger partial charge in [-0.1, -0.05) is 60.7 Å². The maximum atomic E-state index is 11.2. The fourth-order valence-electron chi connectivity index (χ4n) is 2.28. The minimum Gasteiger partial charge on any atom is -0.458 e. The molecule has 110 valence electrons. The molecule has 0 saturated carbocycles. The zero-order chi connectivity index (χ0) is 15.2. The van der Waals surface area contributed by atoms with Gasteiger partial charge < -0.3 is 9.15 Å². The quantitative estimate of drug-likeness (QED) is 0.629. The molecule has 3 heteroatoms. The Morgan fingerprint density at radius 2 is 1.59 bits per heavy atom. The summed E-state index contributed by atoms with van der Waals surface area (Å²) in [5.74, 6) is 1.24. The third kappa shape index (κ3) is 3.32. The minimum atomic E-state index is 0.336. The smallest absolute Gasteiger partial charge is 0.153 e. The Kier molecular flexibility index (Phi) is 4.47. The number of rotatable bonds is 6. The number of hydrogen-bond acceptors (Lipinski definition) is 3. The van der Waals surface area contributed by atoms with Gasteiger partial charge in [-0.3, -0.25) is 4.79 Å². The largest absolute Gasteiger partial charge is 0.458 e. The number of hydrogen-bond donors (Lipinski definition) is 0. The van der Waals surface area contributed by atoms with E-state index in [0.29, 0.717) is 30.3 Å². The molecule has 0 aliphatic carbocycles. The number of ether oxygens (including phenoxy) is 1. The molecule has 22 heavy (non-hydrogen) atoms. The molecule has 3 rings (SSSR count). The first-order valence-corrected chi connectivity index (χ1v) is 7.12. The normalized spacial score (nSPS) is 10.5. The summed E-state index contributed by atoms with van der Waals surface area (Å²) in [4.78, 5) is 11.2. The Hall–Kier alpha value is -2.65. The molecule has 0 unspecified atom stereocenters. The lowest BCUT2D eigenvalue weighted by molar-refractivity contribution is 0.0934. The van der Waals surface area contributed by atoms with E-state index in [9.17, 15) is 4.79 Å². The molecule has 0 fully saturated rings. The van der Waals surface area contributed by atoms with Crippen LogP contribution >= 0.6 is 0 Å². The van der Waals surface area contributed by atoms with E-state index in [-0.39, 0.29) is 0 Å². The lowest BCUT2D eigenvalue weighted by Gasteiger charge is -2.02. The van der Waals surface area contributed by atoms with Gasteiger partial charge in [0.2, 0.25) is 0 Å². The Bertz CT molecular complexity index is 730. The standard InChI is InChI=1S/C19H16O3/c20-12-17-11-18(14-21-13-15-7-3-1-4-8-15)22-19(17)16-9-5-2-6-10-16/h1-12H,13-14H2. The molecular weight excluding hydrogens is 276 g/mol. The van der Waals surface area contributed by atoms with Gasteiger partial charge in [-0.15, -0.1) is 0 Å². The van der Waals surface area contributed by atoms with Crippen LogP contribution in [0.15, 0.2) is 71.1 Å². The highest BCUT2D eigenvalue weighted by Crippen LogP contribution is 2.26. The van der Waals surface area contributed by atoms with Crippen molar-refractivity contribution < 1.29 is 13.9 Å². The van der Waals surface area contributed by atoms with E-state index in [0.717, 1.165) is 17.4 Å². The number of furan rings is 1. The Morgan fingerprint density at radius 1 is 0.909 bits per heavy atom. The summed E-state index contributed by atoms with van der Waals surface area (Å²) >= 11 is 0. The maximum absolute atomic E-state index is 11.2. The van der Waals surface area contributed by atoms with E-state index in [4.69, 9.17) is 9.15 Å². The van der Waals surface area contributed by atoms with E-state index < -0.39 is 0 Å². The van der Waals surface area contributed by atoms with Crippen molar-refractivity contribution >= 4 is 6.29 Å². The second kappa shape index (κ2) is 6.87. The Labute approximate surface area is 129 Å². The Morgan fingerprint density at radius 3 is 2.27 bits per heavy atom. The second-order valence-electron chi connectivity index (χ2n) is 4.96. The third-order valence-corrected chi connectivity index (χ3v) is 3.33.